The number of nitrogens with zero attached hydrogens (tertiary/aromatic N) is 2. The molecule has 0 saturated carbocycles. The van der Waals surface area contributed by atoms with Crippen molar-refractivity contribution in [2.45, 2.75) is 0 Å². The second kappa shape index (κ2) is 4.36. The molecule has 0 aliphatic heterocycles. The predicted molar refractivity (Wildman–Crippen MR) is 78.6 cm³/mol. The van der Waals surface area contributed by atoms with Crippen LogP contribution in [-0.4, -0.2) is 20.6 Å². The van der Waals surface area contributed by atoms with Crippen molar-refractivity contribution in [3.05, 3.63) is 45.2 Å². The van der Waals surface area contributed by atoms with Crippen molar-refractivity contribution < 1.29 is 9.90 Å². The van der Waals surface area contributed by atoms with E-state index in [9.17, 15) is 9.90 Å². The van der Waals surface area contributed by atoms with E-state index < -0.39 is 5.97 Å². The molecule has 0 spiro atoms. The lowest BCUT2D eigenvalue weighted by atomic mass is 10.3. The maximum atomic E-state index is 11.2. The van der Waals surface area contributed by atoms with E-state index in [0.29, 0.717) is 0 Å². The van der Waals surface area contributed by atoms with Gasteiger partial charge in [0.2, 0.25) is 0 Å². The van der Waals surface area contributed by atoms with Crippen LogP contribution in [0.1, 0.15) is 10.5 Å². The number of aromatic carboxylic acids is 1. The van der Waals surface area contributed by atoms with Gasteiger partial charge in [-0.2, -0.15) is 0 Å². The Hall–Kier alpha value is -1.41. The third-order valence-corrected chi connectivity index (χ3v) is 3.98. The van der Waals surface area contributed by atoms with Gasteiger partial charge in [0.15, 0.2) is 0 Å². The standard InChI is InChI=1S/C12H7IN2O2S/c13-7-3-10(12(16)17)15(5-7)8-1-2-9-11(4-8)18-6-14-9/h1-6H,(H,16,17). The number of fused-ring (bicyclic) bond motifs is 1. The number of hydrogen-bond acceptors (Lipinski definition) is 3. The fraction of sp³-hybridized carbons (Fsp3) is 0. The van der Waals surface area contributed by atoms with Gasteiger partial charge in [-0.1, -0.05) is 0 Å². The molecule has 0 amide bonds. The first kappa shape index (κ1) is 11.7. The highest BCUT2D eigenvalue weighted by Crippen LogP contribution is 2.23. The summed E-state index contributed by atoms with van der Waals surface area (Å²) >= 11 is 3.65. The molecule has 0 aliphatic carbocycles. The van der Waals surface area contributed by atoms with Crippen LogP contribution in [0.2, 0.25) is 0 Å². The maximum absolute atomic E-state index is 11.2. The van der Waals surface area contributed by atoms with Crippen molar-refractivity contribution >= 4 is 50.1 Å². The monoisotopic (exact) mass is 370 g/mol. The highest BCUT2D eigenvalue weighted by molar-refractivity contribution is 14.1. The molecule has 6 heteroatoms. The van der Waals surface area contributed by atoms with Crippen molar-refractivity contribution in [1.82, 2.24) is 9.55 Å². The molecule has 0 aliphatic rings. The molecule has 90 valence electrons. The van der Waals surface area contributed by atoms with Gasteiger partial charge in [-0.25, -0.2) is 9.78 Å². The smallest absolute Gasteiger partial charge is 0.352 e. The van der Waals surface area contributed by atoms with E-state index in [-0.39, 0.29) is 5.69 Å². The number of benzene rings is 1. The second-order valence-electron chi connectivity index (χ2n) is 3.72. The fourth-order valence-corrected chi connectivity index (χ4v) is 3.09. The molecule has 18 heavy (non-hydrogen) atoms. The summed E-state index contributed by atoms with van der Waals surface area (Å²) < 4.78 is 3.63. The third kappa shape index (κ3) is 1.91. The molecule has 2 heterocycles. The Labute approximate surface area is 120 Å². The molecule has 0 bridgehead atoms. The van der Waals surface area contributed by atoms with Crippen LogP contribution in [0.15, 0.2) is 36.0 Å². The van der Waals surface area contributed by atoms with Crippen LogP contribution in [0.4, 0.5) is 0 Å². The van der Waals surface area contributed by atoms with E-state index in [4.69, 9.17) is 0 Å². The number of carbonyl (C=O) groups is 1. The molecule has 0 atom stereocenters. The maximum Gasteiger partial charge on any atom is 0.352 e. The summed E-state index contributed by atoms with van der Waals surface area (Å²) in [5.41, 5.74) is 3.82. The van der Waals surface area contributed by atoms with Crippen LogP contribution in [0.25, 0.3) is 15.9 Å². The van der Waals surface area contributed by atoms with Crippen molar-refractivity contribution in [1.29, 1.82) is 0 Å². The normalized spacial score (nSPS) is 10.9. The summed E-state index contributed by atoms with van der Waals surface area (Å²) in [7, 11) is 0. The average molecular weight is 370 g/mol. The molecule has 4 nitrogen and oxygen atoms in total. The van der Waals surface area contributed by atoms with Gasteiger partial charge in [-0.05, 0) is 46.9 Å². The quantitative estimate of drug-likeness (QED) is 0.704. The minimum atomic E-state index is -0.928. The van der Waals surface area contributed by atoms with Gasteiger partial charge in [0.1, 0.15) is 5.69 Å². The Morgan fingerprint density at radius 1 is 1.39 bits per heavy atom. The lowest BCUT2D eigenvalue weighted by molar-refractivity contribution is 0.0688. The molecule has 3 rings (SSSR count). The lowest BCUT2D eigenvalue weighted by Crippen LogP contribution is -2.05. The van der Waals surface area contributed by atoms with Crippen molar-refractivity contribution in [2.24, 2.45) is 0 Å². The summed E-state index contributed by atoms with van der Waals surface area (Å²) in [6.07, 6.45) is 1.81. The van der Waals surface area contributed by atoms with E-state index >= 15 is 0 Å². The molecule has 1 aromatic carbocycles. The number of thiazole rings is 1. The number of hydrogen-bond donors (Lipinski definition) is 1. The van der Waals surface area contributed by atoms with E-state index in [2.05, 4.69) is 27.6 Å². The third-order valence-electron chi connectivity index (χ3n) is 2.60. The summed E-state index contributed by atoms with van der Waals surface area (Å²) in [5.74, 6) is -0.928. The molecule has 3 aromatic rings. The molecule has 1 N–H and O–H groups in total. The van der Waals surface area contributed by atoms with Gasteiger partial charge in [-0.15, -0.1) is 11.3 Å². The molecule has 0 saturated heterocycles. The second-order valence-corrected chi connectivity index (χ2v) is 5.86. The van der Waals surface area contributed by atoms with Gasteiger partial charge < -0.3 is 9.67 Å². The number of aromatic nitrogens is 2. The molecule has 0 radical (unpaired) electrons. The highest BCUT2D eigenvalue weighted by atomic mass is 127. The van der Waals surface area contributed by atoms with Crippen LogP contribution in [0.5, 0.6) is 0 Å². The summed E-state index contributed by atoms with van der Waals surface area (Å²) in [6.45, 7) is 0. The molecular weight excluding hydrogens is 363 g/mol. The van der Waals surface area contributed by atoms with E-state index in [0.717, 1.165) is 19.5 Å². The van der Waals surface area contributed by atoms with Crippen molar-refractivity contribution in [3.63, 3.8) is 0 Å². The van der Waals surface area contributed by atoms with E-state index in [1.807, 2.05) is 24.4 Å². The van der Waals surface area contributed by atoms with Gasteiger partial charge in [0.05, 0.1) is 15.7 Å². The Morgan fingerprint density at radius 2 is 2.22 bits per heavy atom. The first-order chi connectivity index (χ1) is 8.65. The van der Waals surface area contributed by atoms with Gasteiger partial charge in [-0.3, -0.25) is 0 Å². The summed E-state index contributed by atoms with van der Waals surface area (Å²) in [5, 5.41) is 9.18. The largest absolute Gasteiger partial charge is 0.477 e. The van der Waals surface area contributed by atoms with Crippen LogP contribution in [0, 0.1) is 3.57 Å². The van der Waals surface area contributed by atoms with Crippen LogP contribution in [-0.2, 0) is 0 Å². The SMILES string of the molecule is O=C(O)c1cc(I)cn1-c1ccc2ncsc2c1. The van der Waals surface area contributed by atoms with E-state index in [1.165, 1.54) is 0 Å². The van der Waals surface area contributed by atoms with Crippen LogP contribution < -0.4 is 0 Å². The van der Waals surface area contributed by atoms with E-state index in [1.54, 1.807) is 27.5 Å². The van der Waals surface area contributed by atoms with Crippen molar-refractivity contribution in [3.8, 4) is 5.69 Å². The van der Waals surface area contributed by atoms with Crippen molar-refractivity contribution in [2.75, 3.05) is 0 Å². The number of carboxylic acids is 1. The molecule has 2 aromatic heterocycles. The topological polar surface area (TPSA) is 55.1 Å². The van der Waals surface area contributed by atoms with Gasteiger partial charge in [0, 0.05) is 15.5 Å². The Balaban J connectivity index is 2.21. The Bertz CT molecular complexity index is 747. The molecule has 0 unspecified atom stereocenters. The van der Waals surface area contributed by atoms with Gasteiger partial charge in [0.25, 0.3) is 0 Å². The Morgan fingerprint density at radius 3 is 3.00 bits per heavy atom. The Kier molecular flexibility index (Phi) is 2.83. The average Bonchev–Trinajstić information content (AvgIpc) is 2.93. The predicted octanol–water partition coefficient (Wildman–Crippen LogP) is 3.39. The van der Waals surface area contributed by atoms with Crippen LogP contribution in [0.3, 0.4) is 0 Å². The lowest BCUT2D eigenvalue weighted by Gasteiger charge is -2.05. The van der Waals surface area contributed by atoms with Gasteiger partial charge >= 0.3 is 5.97 Å². The minimum Gasteiger partial charge on any atom is -0.477 e. The van der Waals surface area contributed by atoms with Crippen LogP contribution >= 0.6 is 33.9 Å². The number of halogens is 1. The minimum absolute atomic E-state index is 0.267. The number of rotatable bonds is 2. The summed E-state index contributed by atoms with van der Waals surface area (Å²) in [6, 6.07) is 7.39. The number of carboxylic acid groups (broad SMARTS) is 1. The molecule has 0 fully saturated rings. The first-order valence-electron chi connectivity index (χ1n) is 5.10. The summed E-state index contributed by atoms with van der Waals surface area (Å²) in [4.78, 5) is 15.4. The highest BCUT2D eigenvalue weighted by Gasteiger charge is 2.13. The zero-order chi connectivity index (χ0) is 12.7. The fourth-order valence-electron chi connectivity index (χ4n) is 1.80. The first-order valence-corrected chi connectivity index (χ1v) is 7.06. The zero-order valence-electron chi connectivity index (χ0n) is 9.00. The zero-order valence-corrected chi connectivity index (χ0v) is 12.0. The molecular formula is C12H7IN2O2S.